The third-order valence-corrected chi connectivity index (χ3v) is 9.45. The Balaban J connectivity index is -0.0000000975. The molecular formula is C12H44N4O16P4. The minimum absolute atomic E-state index is 0. The van der Waals surface area contributed by atoms with Crippen LogP contribution in [-0.4, -0.2) is 104 Å². The smallest absolute Gasteiger partial charge is 0.280 e. The van der Waals surface area contributed by atoms with Crippen LogP contribution in [0.4, 0.5) is 0 Å². The van der Waals surface area contributed by atoms with E-state index >= 15 is 0 Å². The third-order valence-electron chi connectivity index (χ3n) is 3.05. The first-order valence-electron chi connectivity index (χ1n) is 9.34. The molecule has 0 aromatic heterocycles. The Morgan fingerprint density at radius 1 is 0.417 bits per heavy atom. The van der Waals surface area contributed by atoms with E-state index in [1.165, 1.54) is 45.8 Å². The first kappa shape index (κ1) is 49.3. The Hall–Kier alpha value is 0.280. The van der Waals surface area contributed by atoms with Gasteiger partial charge in [-0.2, -0.15) is 0 Å². The summed E-state index contributed by atoms with van der Waals surface area (Å²) in [6.07, 6.45) is 0. The Kier molecular flexibility index (Phi) is 28.9. The Bertz CT molecular complexity index is 596. The van der Waals surface area contributed by atoms with Gasteiger partial charge in [-0.1, -0.05) is 0 Å². The van der Waals surface area contributed by atoms with E-state index in [9.17, 15) is 37.8 Å². The second-order valence-electron chi connectivity index (χ2n) is 7.94. The Morgan fingerprint density at radius 2 is 0.528 bits per heavy atom. The molecule has 0 atom stereocenters. The molecule has 0 amide bonds. The van der Waals surface area contributed by atoms with Crippen molar-refractivity contribution in [1.82, 2.24) is 0 Å². The number of nitrogens with one attached hydrogen (secondary N) is 4. The van der Waals surface area contributed by atoms with Gasteiger partial charge in [0.1, 0.15) is 26.2 Å². The molecule has 1 heterocycles. The number of rotatable bonds is 6. The molecule has 36 heavy (non-hydrogen) atoms. The molecule has 0 aromatic carbocycles. The molecule has 12 N–H and O–H groups in total. The number of hydrogen-bond acceptors (Lipinski definition) is 12. The highest BCUT2D eigenvalue weighted by Crippen LogP contribution is 2.73. The van der Waals surface area contributed by atoms with Crippen molar-refractivity contribution >= 4 is 31.3 Å². The van der Waals surface area contributed by atoms with E-state index in [1.54, 1.807) is 0 Å². The van der Waals surface area contributed by atoms with Crippen LogP contribution >= 0.6 is 31.3 Å². The van der Waals surface area contributed by atoms with E-state index < -0.39 is 31.3 Å². The van der Waals surface area contributed by atoms with E-state index in [1.807, 2.05) is 0 Å². The standard InChI is InChI=1S/2C6H16N2.H4O12P4.4H2O/c2*1-7(2)5-6-8(3)4;1-13(2)9-14(3,4)11-16(7,8)12-15(5,6)10-13;;;;/h2*5-6H2,1-4H3;(H,1,2)(H,3,4)(H,5,6)(H,7,8);4*1H2. The van der Waals surface area contributed by atoms with E-state index in [0.29, 0.717) is 0 Å². The minimum atomic E-state index is -5.87. The molecule has 1 fully saturated rings. The summed E-state index contributed by atoms with van der Waals surface area (Å²) in [5, 5.41) is 0. The monoisotopic (exact) mass is 624 g/mol. The molecule has 0 aliphatic carbocycles. The van der Waals surface area contributed by atoms with Gasteiger partial charge in [-0.05, 0) is 0 Å². The number of phosphoric acid groups is 4. The van der Waals surface area contributed by atoms with Gasteiger partial charge in [0.15, 0.2) is 0 Å². The fourth-order valence-electron chi connectivity index (χ4n) is 1.55. The van der Waals surface area contributed by atoms with Crippen molar-refractivity contribution < 1.29 is 96.6 Å². The fraction of sp³-hybridized carbons (Fsp3) is 1.00. The van der Waals surface area contributed by atoms with Crippen LogP contribution in [0.15, 0.2) is 0 Å². The molecule has 1 aliphatic rings. The van der Waals surface area contributed by atoms with Gasteiger partial charge in [0, 0.05) is 0 Å². The van der Waals surface area contributed by atoms with E-state index in [-0.39, 0.29) is 21.9 Å². The van der Waals surface area contributed by atoms with Crippen molar-refractivity contribution in [2.75, 3.05) is 82.6 Å². The van der Waals surface area contributed by atoms with Crippen LogP contribution in [0, 0.1) is 0 Å². The van der Waals surface area contributed by atoms with Crippen LogP contribution in [0.2, 0.25) is 0 Å². The van der Waals surface area contributed by atoms with Crippen molar-refractivity contribution in [1.29, 1.82) is 0 Å². The second-order valence-corrected chi connectivity index (χ2v) is 14.1. The number of quaternary nitrogens is 4. The lowest BCUT2D eigenvalue weighted by Crippen LogP contribution is -3.14. The zero-order valence-electron chi connectivity index (χ0n) is 21.5. The van der Waals surface area contributed by atoms with Gasteiger partial charge in [-0.3, -0.25) is 18.3 Å². The first-order chi connectivity index (χ1) is 14.1. The summed E-state index contributed by atoms with van der Waals surface area (Å²) in [4.78, 5) is 48.3. The maximum absolute atomic E-state index is 10.6. The average Bonchev–Trinajstić information content (AvgIpc) is 2.46. The van der Waals surface area contributed by atoms with Crippen LogP contribution in [0.3, 0.4) is 0 Å². The SMILES string of the molecule is C[NH+](C)CC[NH+](C)C.C[NH+](C)CC[NH+](C)C.O.O.O.O.O=P1([O-])OP(=O)([O-])OP(=O)([O-])OP(=O)([O-])O1. The molecule has 1 rings (SSSR count). The van der Waals surface area contributed by atoms with Gasteiger partial charge in [0.25, 0.3) is 31.3 Å². The molecule has 1 saturated heterocycles. The summed E-state index contributed by atoms with van der Waals surface area (Å²) in [5.41, 5.74) is 0. The minimum Gasteiger partial charge on any atom is -0.756 e. The molecule has 228 valence electrons. The average molecular weight is 624 g/mol. The molecule has 0 bridgehead atoms. The molecule has 0 spiro atoms. The van der Waals surface area contributed by atoms with Crippen LogP contribution in [0.5, 0.6) is 0 Å². The van der Waals surface area contributed by atoms with Gasteiger partial charge < -0.3 is 61.1 Å². The first-order valence-corrected chi connectivity index (χ1v) is 15.2. The second kappa shape index (κ2) is 21.1. The van der Waals surface area contributed by atoms with Gasteiger partial charge in [-0.15, -0.1) is 0 Å². The highest BCUT2D eigenvalue weighted by molar-refractivity contribution is 7.73. The number of likely N-dealkylation sites (N-methyl/N-ethyl adjacent to an activating group) is 4. The molecule has 0 saturated carbocycles. The molecular weight excluding hydrogens is 580 g/mol. The zero-order valence-corrected chi connectivity index (χ0v) is 25.1. The van der Waals surface area contributed by atoms with Crippen LogP contribution in [0.1, 0.15) is 0 Å². The predicted octanol–water partition coefficient (Wildman–Crippen LogP) is -10.8. The van der Waals surface area contributed by atoms with Crippen LogP contribution < -0.4 is 39.2 Å². The molecule has 20 nitrogen and oxygen atoms in total. The normalized spacial score (nSPS) is 29.6. The topological polar surface area (TPSA) is 341 Å². The van der Waals surface area contributed by atoms with Crippen LogP contribution in [0.25, 0.3) is 0 Å². The summed E-state index contributed by atoms with van der Waals surface area (Å²) in [6.45, 7) is 5.06. The summed E-state index contributed by atoms with van der Waals surface area (Å²) < 4.78 is 54.5. The van der Waals surface area contributed by atoms with Gasteiger partial charge in [-0.25, -0.2) is 17.2 Å². The Morgan fingerprint density at radius 3 is 0.611 bits per heavy atom. The van der Waals surface area contributed by atoms with E-state index in [4.69, 9.17) is 0 Å². The van der Waals surface area contributed by atoms with Crippen molar-refractivity contribution in [3.8, 4) is 0 Å². The lowest BCUT2D eigenvalue weighted by atomic mass is 10.5. The van der Waals surface area contributed by atoms with Gasteiger partial charge >= 0.3 is 0 Å². The molecule has 1 aliphatic heterocycles. The van der Waals surface area contributed by atoms with E-state index in [0.717, 1.165) is 0 Å². The zero-order chi connectivity index (χ0) is 26.0. The van der Waals surface area contributed by atoms with Crippen molar-refractivity contribution in [3.05, 3.63) is 0 Å². The summed E-state index contributed by atoms with van der Waals surface area (Å²) in [7, 11) is -6.01. The van der Waals surface area contributed by atoms with Crippen molar-refractivity contribution in [2.45, 2.75) is 0 Å². The maximum Gasteiger partial charge on any atom is 0.280 e. The van der Waals surface area contributed by atoms with Gasteiger partial charge in [0.2, 0.25) is 0 Å². The lowest BCUT2D eigenvalue weighted by Gasteiger charge is -2.41. The summed E-state index contributed by atoms with van der Waals surface area (Å²) in [5.74, 6) is 0. The third kappa shape index (κ3) is 32.3. The predicted molar refractivity (Wildman–Crippen MR) is 120 cm³/mol. The quantitative estimate of drug-likeness (QED) is 0.200. The highest BCUT2D eigenvalue weighted by Gasteiger charge is 2.35. The van der Waals surface area contributed by atoms with Crippen LogP contribution in [-0.2, 0) is 35.5 Å². The molecule has 24 heteroatoms. The van der Waals surface area contributed by atoms with Crippen molar-refractivity contribution in [2.24, 2.45) is 0 Å². The number of hydrogen-bond donors (Lipinski definition) is 4. The molecule has 0 aromatic rings. The summed E-state index contributed by atoms with van der Waals surface area (Å²) >= 11 is 0. The highest BCUT2D eigenvalue weighted by atomic mass is 31.3. The van der Waals surface area contributed by atoms with E-state index in [2.05, 4.69) is 73.6 Å². The molecule has 0 radical (unpaired) electrons. The summed E-state index contributed by atoms with van der Waals surface area (Å²) in [6, 6.07) is 0. The largest absolute Gasteiger partial charge is 0.756 e. The maximum atomic E-state index is 10.6. The van der Waals surface area contributed by atoms with Gasteiger partial charge in [0.05, 0.1) is 56.4 Å². The Labute approximate surface area is 211 Å². The fourth-order valence-corrected chi connectivity index (χ4v) is 7.02. The lowest BCUT2D eigenvalue weighted by molar-refractivity contribution is -0.918. The van der Waals surface area contributed by atoms with Crippen molar-refractivity contribution in [3.63, 3.8) is 0 Å². The molecule has 0 unspecified atom stereocenters.